The highest BCUT2D eigenvalue weighted by Crippen LogP contribution is 2.16. The van der Waals surface area contributed by atoms with Gasteiger partial charge in [-0.25, -0.2) is 4.98 Å². The lowest BCUT2D eigenvalue weighted by atomic mass is 10.1. The average Bonchev–Trinajstić information content (AvgIpc) is 2.92. The second-order valence-electron chi connectivity index (χ2n) is 4.38. The summed E-state index contributed by atoms with van der Waals surface area (Å²) in [5.74, 6) is -0.411. The highest BCUT2D eigenvalue weighted by molar-refractivity contribution is 5.76. The quantitative estimate of drug-likeness (QED) is 0.799. The van der Waals surface area contributed by atoms with Gasteiger partial charge in [-0.3, -0.25) is 4.79 Å². The summed E-state index contributed by atoms with van der Waals surface area (Å²) in [4.78, 5) is 18.7. The van der Waals surface area contributed by atoms with E-state index in [1.165, 1.54) is 0 Å². The molecule has 0 saturated carbocycles. The van der Waals surface area contributed by atoms with Gasteiger partial charge in [0.1, 0.15) is 12.1 Å². The molecule has 19 heavy (non-hydrogen) atoms. The summed E-state index contributed by atoms with van der Waals surface area (Å²) in [6, 6.07) is 8.87. The second kappa shape index (κ2) is 6.15. The number of rotatable bonds is 5. The molecule has 3 N–H and O–H groups in total. The van der Waals surface area contributed by atoms with Crippen LogP contribution in [0.1, 0.15) is 24.3 Å². The molecule has 0 saturated heterocycles. The van der Waals surface area contributed by atoms with E-state index in [9.17, 15) is 4.79 Å². The third-order valence-electron chi connectivity index (χ3n) is 2.86. The number of aromatic nitrogens is 2. The van der Waals surface area contributed by atoms with E-state index < -0.39 is 12.0 Å². The molecule has 2 atom stereocenters. The van der Waals surface area contributed by atoms with E-state index in [4.69, 9.17) is 10.5 Å². The molecule has 2 aromatic rings. The van der Waals surface area contributed by atoms with Crippen molar-refractivity contribution in [3.8, 4) is 0 Å². The van der Waals surface area contributed by atoms with Gasteiger partial charge in [-0.15, -0.1) is 0 Å². The van der Waals surface area contributed by atoms with Gasteiger partial charge >= 0.3 is 5.97 Å². The zero-order chi connectivity index (χ0) is 13.7. The van der Waals surface area contributed by atoms with Crippen LogP contribution in [0.5, 0.6) is 0 Å². The van der Waals surface area contributed by atoms with E-state index in [2.05, 4.69) is 9.97 Å². The second-order valence-corrected chi connectivity index (χ2v) is 4.38. The largest absolute Gasteiger partial charge is 0.457 e. The lowest BCUT2D eigenvalue weighted by Gasteiger charge is -2.16. The van der Waals surface area contributed by atoms with E-state index in [1.54, 1.807) is 12.5 Å². The number of ether oxygens (including phenoxy) is 1. The number of benzene rings is 1. The average molecular weight is 259 g/mol. The Morgan fingerprint density at radius 1 is 1.42 bits per heavy atom. The minimum atomic E-state index is -0.688. The van der Waals surface area contributed by atoms with Gasteiger partial charge in [0.2, 0.25) is 0 Å². The van der Waals surface area contributed by atoms with Crippen molar-refractivity contribution in [3.05, 3.63) is 54.1 Å². The van der Waals surface area contributed by atoms with Crippen LogP contribution in [0.25, 0.3) is 0 Å². The maximum Gasteiger partial charge on any atom is 0.323 e. The van der Waals surface area contributed by atoms with Crippen LogP contribution in [-0.2, 0) is 16.0 Å². The zero-order valence-corrected chi connectivity index (χ0v) is 10.7. The van der Waals surface area contributed by atoms with E-state index in [0.717, 1.165) is 11.3 Å². The molecule has 0 aliphatic heterocycles. The van der Waals surface area contributed by atoms with Gasteiger partial charge in [0.05, 0.1) is 6.33 Å². The number of hydrogen-bond acceptors (Lipinski definition) is 4. The van der Waals surface area contributed by atoms with Crippen LogP contribution in [0.4, 0.5) is 0 Å². The van der Waals surface area contributed by atoms with Crippen molar-refractivity contribution in [3.63, 3.8) is 0 Å². The van der Waals surface area contributed by atoms with Crippen LogP contribution in [0.3, 0.4) is 0 Å². The highest BCUT2D eigenvalue weighted by Gasteiger charge is 2.19. The molecule has 100 valence electrons. The first-order valence-corrected chi connectivity index (χ1v) is 6.15. The summed E-state index contributed by atoms with van der Waals surface area (Å²) in [5, 5.41) is 0. The van der Waals surface area contributed by atoms with Crippen molar-refractivity contribution >= 4 is 5.97 Å². The van der Waals surface area contributed by atoms with Gasteiger partial charge in [-0.1, -0.05) is 30.3 Å². The Kier molecular flexibility index (Phi) is 4.30. The summed E-state index contributed by atoms with van der Waals surface area (Å²) >= 11 is 0. The van der Waals surface area contributed by atoms with Crippen LogP contribution in [-0.4, -0.2) is 22.0 Å². The highest BCUT2D eigenvalue weighted by atomic mass is 16.5. The number of nitrogens with zero attached hydrogens (tertiary/aromatic N) is 1. The van der Waals surface area contributed by atoms with Gasteiger partial charge in [-0.05, 0) is 12.5 Å². The summed E-state index contributed by atoms with van der Waals surface area (Å²) in [7, 11) is 0. The summed E-state index contributed by atoms with van der Waals surface area (Å²) in [5.41, 5.74) is 7.58. The molecule has 0 aliphatic carbocycles. The molecule has 0 aliphatic rings. The fraction of sp³-hybridized carbons (Fsp3) is 0.286. The molecule has 0 amide bonds. The van der Waals surface area contributed by atoms with Crippen LogP contribution < -0.4 is 5.73 Å². The molecule has 5 nitrogen and oxygen atoms in total. The third-order valence-corrected chi connectivity index (χ3v) is 2.86. The van der Waals surface area contributed by atoms with Crippen molar-refractivity contribution in [2.24, 2.45) is 5.73 Å². The standard InChI is InChI=1S/C14H17N3O2/c1-10(11-5-3-2-4-6-11)19-14(18)13(15)7-12-8-16-9-17-12/h2-6,8-10,13H,7,15H2,1H3,(H,16,17). The molecule has 2 unspecified atom stereocenters. The summed E-state index contributed by atoms with van der Waals surface area (Å²) < 4.78 is 5.35. The number of nitrogens with one attached hydrogen (secondary N) is 1. The Morgan fingerprint density at radius 3 is 2.79 bits per heavy atom. The number of H-pyrrole nitrogens is 1. The van der Waals surface area contributed by atoms with E-state index >= 15 is 0 Å². The smallest absolute Gasteiger partial charge is 0.323 e. The fourth-order valence-corrected chi connectivity index (χ4v) is 1.77. The Bertz CT molecular complexity index is 511. The topological polar surface area (TPSA) is 81.0 Å². The van der Waals surface area contributed by atoms with Crippen molar-refractivity contribution in [2.45, 2.75) is 25.5 Å². The number of carbonyl (C=O) groups excluding carboxylic acids is 1. The molecule has 1 heterocycles. The third kappa shape index (κ3) is 3.66. The number of hydrogen-bond donors (Lipinski definition) is 2. The maximum absolute atomic E-state index is 11.9. The van der Waals surface area contributed by atoms with Crippen molar-refractivity contribution in [1.29, 1.82) is 0 Å². The monoisotopic (exact) mass is 259 g/mol. The Balaban J connectivity index is 1.90. The Labute approximate surface area is 111 Å². The van der Waals surface area contributed by atoms with E-state index in [1.807, 2.05) is 37.3 Å². The summed E-state index contributed by atoms with van der Waals surface area (Å²) in [6.07, 6.45) is 3.29. The fourth-order valence-electron chi connectivity index (χ4n) is 1.77. The van der Waals surface area contributed by atoms with E-state index in [-0.39, 0.29) is 6.10 Å². The number of esters is 1. The van der Waals surface area contributed by atoms with Crippen LogP contribution in [0.15, 0.2) is 42.9 Å². The zero-order valence-electron chi connectivity index (χ0n) is 10.7. The molecule has 0 radical (unpaired) electrons. The molecule has 5 heteroatoms. The van der Waals surface area contributed by atoms with Crippen molar-refractivity contribution in [2.75, 3.05) is 0 Å². The molecule has 0 spiro atoms. The minimum absolute atomic E-state index is 0.304. The molecular formula is C14H17N3O2. The van der Waals surface area contributed by atoms with Crippen LogP contribution >= 0.6 is 0 Å². The predicted octanol–water partition coefficient (Wildman–Crippen LogP) is 1.58. The van der Waals surface area contributed by atoms with Gasteiger partial charge in [0, 0.05) is 18.3 Å². The number of imidazole rings is 1. The van der Waals surface area contributed by atoms with Crippen molar-refractivity contribution < 1.29 is 9.53 Å². The Morgan fingerprint density at radius 2 is 2.16 bits per heavy atom. The minimum Gasteiger partial charge on any atom is -0.457 e. The van der Waals surface area contributed by atoms with Crippen LogP contribution in [0.2, 0.25) is 0 Å². The van der Waals surface area contributed by atoms with Gasteiger partial charge in [-0.2, -0.15) is 0 Å². The van der Waals surface area contributed by atoms with Gasteiger partial charge in [0.15, 0.2) is 0 Å². The SMILES string of the molecule is CC(OC(=O)C(N)Cc1cnc[nH]1)c1ccccc1. The van der Waals surface area contributed by atoms with Crippen molar-refractivity contribution in [1.82, 2.24) is 9.97 Å². The number of aromatic amines is 1. The normalized spacial score (nSPS) is 13.8. The number of nitrogens with two attached hydrogens (primary N) is 1. The maximum atomic E-state index is 11.9. The first kappa shape index (κ1) is 13.3. The van der Waals surface area contributed by atoms with E-state index in [0.29, 0.717) is 6.42 Å². The molecule has 0 bridgehead atoms. The Hall–Kier alpha value is -2.14. The molecule has 1 aromatic heterocycles. The first-order chi connectivity index (χ1) is 9.16. The number of carbonyl (C=O) groups is 1. The van der Waals surface area contributed by atoms with Gasteiger partial charge < -0.3 is 15.5 Å². The first-order valence-electron chi connectivity index (χ1n) is 6.15. The summed E-state index contributed by atoms with van der Waals surface area (Å²) in [6.45, 7) is 1.83. The lowest BCUT2D eigenvalue weighted by Crippen LogP contribution is -2.35. The molecule has 1 aromatic carbocycles. The van der Waals surface area contributed by atoms with Crippen LogP contribution in [0, 0.1) is 0 Å². The lowest BCUT2D eigenvalue weighted by molar-refractivity contribution is -0.150. The molecule has 2 rings (SSSR count). The predicted molar refractivity (Wildman–Crippen MR) is 71.2 cm³/mol. The van der Waals surface area contributed by atoms with Gasteiger partial charge in [0.25, 0.3) is 0 Å². The molecule has 0 fully saturated rings. The molecular weight excluding hydrogens is 242 g/mol.